The third kappa shape index (κ3) is 4.87. The molecule has 8 nitrogen and oxygen atoms in total. The van der Waals surface area contributed by atoms with Crippen molar-refractivity contribution in [1.29, 1.82) is 0 Å². The summed E-state index contributed by atoms with van der Waals surface area (Å²) in [5, 5.41) is 3.05. The van der Waals surface area contributed by atoms with Crippen LogP contribution in [0.1, 0.15) is 29.8 Å². The van der Waals surface area contributed by atoms with Crippen molar-refractivity contribution < 1.29 is 23.2 Å². The summed E-state index contributed by atoms with van der Waals surface area (Å²) in [6.45, 7) is 6.17. The van der Waals surface area contributed by atoms with Gasteiger partial charge in [-0.1, -0.05) is 19.9 Å². The van der Waals surface area contributed by atoms with E-state index in [1.54, 1.807) is 13.0 Å². The minimum atomic E-state index is -0.651. The Balaban J connectivity index is 0.00000155. The number of amides is 1. The van der Waals surface area contributed by atoms with Gasteiger partial charge in [0.15, 0.2) is 5.58 Å². The van der Waals surface area contributed by atoms with E-state index in [0.717, 1.165) is 5.56 Å². The van der Waals surface area contributed by atoms with Gasteiger partial charge in [-0.05, 0) is 30.7 Å². The van der Waals surface area contributed by atoms with Gasteiger partial charge >= 0.3 is 0 Å². The summed E-state index contributed by atoms with van der Waals surface area (Å²) in [7, 11) is 2.98. The molecule has 30 heavy (non-hydrogen) atoms. The van der Waals surface area contributed by atoms with Gasteiger partial charge in [0.25, 0.3) is 11.5 Å². The second-order valence-electron chi connectivity index (χ2n) is 6.13. The number of aryl methyl sites for hydroxylation is 1. The molecular formula is C21H26FN3O5. The number of nitrogens with one attached hydrogen (secondary N) is 2. The van der Waals surface area contributed by atoms with Crippen molar-refractivity contribution in [2.75, 3.05) is 25.6 Å². The molecule has 1 aromatic carbocycles. The van der Waals surface area contributed by atoms with Crippen LogP contribution in [0.25, 0.3) is 11.0 Å². The summed E-state index contributed by atoms with van der Waals surface area (Å²) in [5.41, 5.74) is 2.83. The number of anilines is 2. The topological polar surface area (TPSA) is 94.7 Å². The largest absolute Gasteiger partial charge is 0.463 e. The zero-order chi connectivity index (χ0) is 22.3. The molecule has 9 heteroatoms. The number of methoxy groups -OCH3 is 1. The fraction of sp³-hybridized carbons (Fsp3) is 0.333. The minimum Gasteiger partial charge on any atom is -0.463 e. The van der Waals surface area contributed by atoms with Gasteiger partial charge in [0.2, 0.25) is 0 Å². The Morgan fingerprint density at radius 3 is 2.63 bits per heavy atom. The quantitative estimate of drug-likeness (QED) is 0.448. The average molecular weight is 419 g/mol. The van der Waals surface area contributed by atoms with Crippen molar-refractivity contribution >= 4 is 28.4 Å². The second-order valence-corrected chi connectivity index (χ2v) is 6.13. The monoisotopic (exact) mass is 419 g/mol. The molecule has 0 saturated heterocycles. The summed E-state index contributed by atoms with van der Waals surface area (Å²) >= 11 is 0. The lowest BCUT2D eigenvalue weighted by molar-refractivity contribution is 0.00895. The van der Waals surface area contributed by atoms with Crippen molar-refractivity contribution in [3.05, 3.63) is 57.8 Å². The van der Waals surface area contributed by atoms with Crippen LogP contribution < -0.4 is 16.4 Å². The van der Waals surface area contributed by atoms with Crippen molar-refractivity contribution in [2.45, 2.75) is 20.8 Å². The molecule has 3 rings (SSSR count). The Bertz CT molecular complexity index is 1070. The van der Waals surface area contributed by atoms with Crippen LogP contribution in [0.4, 0.5) is 15.9 Å². The molecule has 2 heterocycles. The summed E-state index contributed by atoms with van der Waals surface area (Å²) in [5.74, 6) is -1.10. The van der Waals surface area contributed by atoms with E-state index < -0.39 is 17.3 Å². The van der Waals surface area contributed by atoms with Crippen LogP contribution in [-0.2, 0) is 16.6 Å². The van der Waals surface area contributed by atoms with Gasteiger partial charge in [0, 0.05) is 14.2 Å². The molecule has 2 aromatic heterocycles. The van der Waals surface area contributed by atoms with Crippen LogP contribution in [0.3, 0.4) is 0 Å². The predicted molar refractivity (Wildman–Crippen MR) is 113 cm³/mol. The van der Waals surface area contributed by atoms with Crippen LogP contribution >= 0.6 is 0 Å². The Morgan fingerprint density at radius 2 is 1.97 bits per heavy atom. The maximum absolute atomic E-state index is 14.3. The van der Waals surface area contributed by atoms with E-state index in [0.29, 0.717) is 0 Å². The molecule has 0 aliphatic carbocycles. The summed E-state index contributed by atoms with van der Waals surface area (Å²) in [6, 6.07) is 6.05. The molecule has 0 saturated carbocycles. The number of hydrogen-bond donors (Lipinski definition) is 2. The van der Waals surface area contributed by atoms with Crippen LogP contribution in [0.15, 0.2) is 39.7 Å². The summed E-state index contributed by atoms with van der Waals surface area (Å²) in [6.07, 6.45) is 1.31. The number of pyridine rings is 1. The number of furan rings is 1. The minimum absolute atomic E-state index is 0.0134. The van der Waals surface area contributed by atoms with Crippen molar-refractivity contribution in [2.24, 2.45) is 7.05 Å². The molecule has 162 valence electrons. The zero-order valence-electron chi connectivity index (χ0n) is 17.7. The highest BCUT2D eigenvalue weighted by atomic mass is 19.1. The van der Waals surface area contributed by atoms with Crippen LogP contribution in [0.2, 0.25) is 0 Å². The zero-order valence-corrected chi connectivity index (χ0v) is 17.7. The van der Waals surface area contributed by atoms with Gasteiger partial charge in [-0.3, -0.25) is 19.0 Å². The number of rotatable bonds is 7. The number of hydrogen-bond acceptors (Lipinski definition) is 6. The second kappa shape index (κ2) is 10.6. The first-order chi connectivity index (χ1) is 14.4. The Morgan fingerprint density at radius 1 is 1.23 bits per heavy atom. The number of benzene rings is 1. The molecule has 1 amide bonds. The van der Waals surface area contributed by atoms with E-state index in [-0.39, 0.29) is 41.3 Å². The highest BCUT2D eigenvalue weighted by molar-refractivity contribution is 6.09. The van der Waals surface area contributed by atoms with E-state index in [4.69, 9.17) is 14.0 Å². The van der Waals surface area contributed by atoms with Crippen molar-refractivity contribution in [1.82, 2.24) is 10.0 Å². The van der Waals surface area contributed by atoms with Crippen molar-refractivity contribution in [3.8, 4) is 0 Å². The first-order valence-corrected chi connectivity index (χ1v) is 9.48. The van der Waals surface area contributed by atoms with Gasteiger partial charge < -0.3 is 14.5 Å². The maximum Gasteiger partial charge on any atom is 0.282 e. The Labute approximate surface area is 173 Å². The standard InChI is InChI=1S/C19H20FN3O5.C2H6/c1-11-4-5-14(13(20)10-11)21-17-15(18(24)22-28-9-8-26-3)16-12(6-7-27-16)19(25)23(17)2;1-2/h4-7,10,21H,8-9H2,1-3H3,(H,22,24);1-2H3. The third-order valence-corrected chi connectivity index (χ3v) is 4.16. The Kier molecular flexibility index (Phi) is 8.14. The van der Waals surface area contributed by atoms with Gasteiger partial charge in [-0.2, -0.15) is 0 Å². The highest BCUT2D eigenvalue weighted by Crippen LogP contribution is 2.28. The van der Waals surface area contributed by atoms with E-state index >= 15 is 0 Å². The van der Waals surface area contributed by atoms with Gasteiger partial charge in [-0.25, -0.2) is 9.87 Å². The number of fused-ring (bicyclic) bond motifs is 1. The number of carbonyl (C=O) groups is 1. The molecule has 0 aliphatic heterocycles. The van der Waals surface area contributed by atoms with E-state index in [1.165, 1.54) is 43.2 Å². The molecule has 0 unspecified atom stereocenters. The number of aromatic nitrogens is 1. The smallest absolute Gasteiger partial charge is 0.282 e. The molecule has 0 atom stereocenters. The van der Waals surface area contributed by atoms with Crippen LogP contribution in [-0.4, -0.2) is 30.8 Å². The lowest BCUT2D eigenvalue weighted by Gasteiger charge is -2.17. The van der Waals surface area contributed by atoms with E-state index in [1.807, 2.05) is 13.8 Å². The lowest BCUT2D eigenvalue weighted by atomic mass is 10.1. The fourth-order valence-electron chi connectivity index (χ4n) is 2.73. The number of hydroxylamine groups is 1. The third-order valence-electron chi connectivity index (χ3n) is 4.16. The molecule has 0 radical (unpaired) electrons. The van der Waals surface area contributed by atoms with Gasteiger partial charge in [0.05, 0.1) is 30.6 Å². The number of halogens is 1. The normalized spacial score (nSPS) is 10.5. The van der Waals surface area contributed by atoms with Crippen LogP contribution in [0.5, 0.6) is 0 Å². The molecular weight excluding hydrogens is 393 g/mol. The molecule has 2 N–H and O–H groups in total. The van der Waals surface area contributed by atoms with Gasteiger partial charge in [-0.15, -0.1) is 0 Å². The number of nitrogens with zero attached hydrogens (tertiary/aromatic N) is 1. The highest BCUT2D eigenvalue weighted by Gasteiger charge is 2.24. The average Bonchev–Trinajstić information content (AvgIpc) is 3.22. The summed E-state index contributed by atoms with van der Waals surface area (Å²) < 4.78 is 25.8. The van der Waals surface area contributed by atoms with Crippen molar-refractivity contribution in [3.63, 3.8) is 0 Å². The number of carbonyl (C=O) groups excluding carboxylic acids is 1. The molecule has 0 aliphatic rings. The molecule has 0 bridgehead atoms. The van der Waals surface area contributed by atoms with E-state index in [2.05, 4.69) is 10.8 Å². The first kappa shape index (κ1) is 23.1. The first-order valence-electron chi connectivity index (χ1n) is 9.48. The summed E-state index contributed by atoms with van der Waals surface area (Å²) in [4.78, 5) is 30.4. The SMILES string of the molecule is CC.COCCONC(=O)c1c(Nc2ccc(C)cc2F)n(C)c(=O)c2ccoc12. The maximum atomic E-state index is 14.3. The van der Waals surface area contributed by atoms with Gasteiger partial charge in [0.1, 0.15) is 17.2 Å². The Hall–Kier alpha value is -3.17. The molecule has 0 fully saturated rings. The molecule has 0 spiro atoms. The van der Waals surface area contributed by atoms with Crippen LogP contribution in [0, 0.1) is 12.7 Å². The fourth-order valence-corrected chi connectivity index (χ4v) is 2.73. The number of ether oxygens (including phenoxy) is 1. The molecule has 3 aromatic rings. The van der Waals surface area contributed by atoms with E-state index in [9.17, 15) is 14.0 Å². The lowest BCUT2D eigenvalue weighted by Crippen LogP contribution is -2.30. The predicted octanol–water partition coefficient (Wildman–Crippen LogP) is 3.66.